The van der Waals surface area contributed by atoms with Gasteiger partial charge < -0.3 is 89.1 Å². The van der Waals surface area contributed by atoms with Crippen LogP contribution in [0.25, 0.3) is 0 Å². The third-order valence-electron chi connectivity index (χ3n) is 16.9. The highest BCUT2D eigenvalue weighted by atomic mass is 31.2. The topological polar surface area (TPSA) is 374 Å². The lowest BCUT2D eigenvalue weighted by molar-refractivity contribution is -0.360. The number of hydrogen-bond donors (Lipinski definition) is 11. The van der Waals surface area contributed by atoms with Crippen molar-refractivity contribution >= 4 is 25.7 Å². The van der Waals surface area contributed by atoms with E-state index >= 15 is 0 Å². The molecule has 18 atom stereocenters. The van der Waals surface area contributed by atoms with E-state index in [1.807, 2.05) is 0 Å². The van der Waals surface area contributed by atoms with Gasteiger partial charge in [-0.25, -0.2) is 4.57 Å². The number of phosphoric ester groups is 1. The molecule has 0 spiro atoms. The van der Waals surface area contributed by atoms with Gasteiger partial charge >= 0.3 is 25.7 Å². The Labute approximate surface area is 523 Å². The van der Waals surface area contributed by atoms with Gasteiger partial charge in [-0.2, -0.15) is 0 Å². The molecule has 1 saturated carbocycles. The van der Waals surface area contributed by atoms with Crippen LogP contribution >= 0.6 is 7.82 Å². The zero-order valence-electron chi connectivity index (χ0n) is 53.3. The third kappa shape index (κ3) is 31.3. The lowest BCUT2D eigenvalue weighted by Crippen LogP contribution is -2.69. The summed E-state index contributed by atoms with van der Waals surface area (Å²) >= 11 is 0. The predicted octanol–water partition coefficient (Wildman–Crippen LogP) is 7.06. The first kappa shape index (κ1) is 80.2. The summed E-state index contributed by atoms with van der Waals surface area (Å²) in [7, 11) is -5.68. The highest BCUT2D eigenvalue weighted by Crippen LogP contribution is 2.49. The molecule has 0 aromatic carbocycles. The minimum atomic E-state index is -5.68. The second kappa shape index (κ2) is 46.9. The number of ether oxygens (including phenoxy) is 7. The van der Waals surface area contributed by atoms with Gasteiger partial charge in [0.2, 0.25) is 0 Å². The molecule has 0 radical (unpaired) electrons. The number of carbonyl (C=O) groups excluding carboxylic acids is 3. The summed E-state index contributed by atoms with van der Waals surface area (Å²) in [5.74, 6) is -1.99. The van der Waals surface area contributed by atoms with Crippen molar-refractivity contribution < 1.29 is 117 Å². The Balaban J connectivity index is 1.79. The summed E-state index contributed by atoms with van der Waals surface area (Å²) in [6.45, 7) is 3.37. The molecular formula is C63H117O24P. The van der Waals surface area contributed by atoms with Crippen molar-refractivity contribution in [2.24, 2.45) is 0 Å². The fourth-order valence-corrected chi connectivity index (χ4v) is 12.2. The van der Waals surface area contributed by atoms with E-state index in [2.05, 4.69) is 20.8 Å². The first-order valence-corrected chi connectivity index (χ1v) is 35.3. The van der Waals surface area contributed by atoms with Gasteiger partial charge in [0.1, 0.15) is 98.7 Å². The maximum Gasteiger partial charge on any atom is 0.472 e. The van der Waals surface area contributed by atoms with E-state index in [0.29, 0.717) is 19.3 Å². The van der Waals surface area contributed by atoms with Crippen molar-refractivity contribution in [1.82, 2.24) is 0 Å². The van der Waals surface area contributed by atoms with Crippen molar-refractivity contribution in [3.8, 4) is 0 Å². The standard InChI is InChI=1S/C63H117O24P/c1-4-7-10-13-16-19-22-25-28-31-34-37-47(65)79-41-44(82-49(67)39-36-33-30-27-24-21-18-15-12-9-6-3)42-81-88(77,78)87-61-59(85-62-57(75)52(70)50(68)45(40-64)83-62)55(73)54(72)56(74)60(61)86-63-58(76)53(71)51(69)46(84-63)43-80-48(66)38-35-32-29-26-23-20-17-14-11-8-5-2/h44-46,50-64,68-76H,4-43H2,1-3H3,(H,77,78). The molecule has 518 valence electrons. The van der Waals surface area contributed by atoms with E-state index in [-0.39, 0.29) is 19.3 Å². The van der Waals surface area contributed by atoms with Crippen molar-refractivity contribution in [3.05, 3.63) is 0 Å². The van der Waals surface area contributed by atoms with Gasteiger partial charge in [0.25, 0.3) is 0 Å². The zero-order chi connectivity index (χ0) is 64.7. The summed E-state index contributed by atoms with van der Waals surface area (Å²) in [4.78, 5) is 50.6. The van der Waals surface area contributed by atoms with Crippen molar-refractivity contribution in [2.75, 3.05) is 26.4 Å². The summed E-state index contributed by atoms with van der Waals surface area (Å²) < 4.78 is 64.7. The highest BCUT2D eigenvalue weighted by molar-refractivity contribution is 7.47. The molecule has 24 nitrogen and oxygen atoms in total. The summed E-state index contributed by atoms with van der Waals surface area (Å²) in [6.07, 6.45) is -0.474. The van der Waals surface area contributed by atoms with Crippen LogP contribution in [0.4, 0.5) is 0 Å². The Morgan fingerprint density at radius 3 is 1.11 bits per heavy atom. The van der Waals surface area contributed by atoms with Gasteiger partial charge in [-0.15, -0.1) is 0 Å². The van der Waals surface area contributed by atoms with Crippen LogP contribution in [0.15, 0.2) is 0 Å². The van der Waals surface area contributed by atoms with E-state index in [1.165, 1.54) is 96.3 Å². The number of aliphatic hydroxyl groups is 10. The van der Waals surface area contributed by atoms with Crippen LogP contribution in [-0.4, -0.2) is 204 Å². The molecule has 3 rings (SSSR count). The van der Waals surface area contributed by atoms with Gasteiger partial charge in [-0.3, -0.25) is 23.4 Å². The maximum absolute atomic E-state index is 14.2. The Bertz CT molecular complexity index is 1850. The fourth-order valence-electron chi connectivity index (χ4n) is 11.3. The molecule has 0 aromatic heterocycles. The number of rotatable bonds is 51. The van der Waals surface area contributed by atoms with Crippen LogP contribution in [0.3, 0.4) is 0 Å². The fraction of sp³-hybridized carbons (Fsp3) is 0.952. The number of carbonyl (C=O) groups is 3. The molecule has 25 heteroatoms. The molecule has 0 amide bonds. The van der Waals surface area contributed by atoms with Crippen LogP contribution in [0.1, 0.15) is 252 Å². The van der Waals surface area contributed by atoms with Crippen molar-refractivity contribution in [1.29, 1.82) is 0 Å². The smallest absolute Gasteiger partial charge is 0.463 e. The Morgan fingerprint density at radius 2 is 0.727 bits per heavy atom. The predicted molar refractivity (Wildman–Crippen MR) is 324 cm³/mol. The molecular weight excluding hydrogens is 1170 g/mol. The Hall–Kier alpha value is -2.04. The van der Waals surface area contributed by atoms with Crippen LogP contribution in [0.5, 0.6) is 0 Å². The lowest BCUT2D eigenvalue weighted by Gasteiger charge is -2.49. The maximum atomic E-state index is 14.2. The quantitative estimate of drug-likeness (QED) is 0.0126. The number of unbranched alkanes of at least 4 members (excludes halogenated alkanes) is 30. The SMILES string of the molecule is CCCCCCCCCCCCCC(=O)OCC(COP(=O)(O)OC1C(OC2OC(CO)C(O)C(O)C2O)C(O)C(O)C(O)C1OC1OC(COC(=O)CCCCCCCCCCCCC)C(O)C(O)C1O)OC(=O)CCCCCCCCCCCCC. The third-order valence-corrected chi connectivity index (χ3v) is 17.9. The van der Waals surface area contributed by atoms with Gasteiger partial charge in [-0.1, -0.05) is 213 Å². The Kier molecular flexibility index (Phi) is 42.8. The molecule has 0 bridgehead atoms. The second-order valence-corrected chi connectivity index (χ2v) is 26.0. The number of phosphoric acid groups is 1. The van der Waals surface area contributed by atoms with E-state index in [4.69, 9.17) is 42.2 Å². The minimum Gasteiger partial charge on any atom is -0.463 e. The van der Waals surface area contributed by atoms with Gasteiger partial charge in [0, 0.05) is 19.3 Å². The summed E-state index contributed by atoms with van der Waals surface area (Å²) in [5, 5.41) is 109. The average molecular weight is 1290 g/mol. The normalized spacial score (nSPS) is 29.3. The highest BCUT2D eigenvalue weighted by Gasteiger charge is 2.58. The lowest BCUT2D eigenvalue weighted by atomic mass is 9.84. The molecule has 18 unspecified atom stereocenters. The van der Waals surface area contributed by atoms with Crippen LogP contribution in [0, 0.1) is 0 Å². The molecule has 2 saturated heterocycles. The van der Waals surface area contributed by atoms with E-state index in [0.717, 1.165) is 96.3 Å². The van der Waals surface area contributed by atoms with Gasteiger partial charge in [0.05, 0.1) is 13.2 Å². The van der Waals surface area contributed by atoms with E-state index < -0.39 is 156 Å². The van der Waals surface area contributed by atoms with E-state index in [1.54, 1.807) is 0 Å². The first-order chi connectivity index (χ1) is 42.3. The summed E-state index contributed by atoms with van der Waals surface area (Å²) in [6, 6.07) is 0. The number of aliphatic hydroxyl groups excluding tert-OH is 10. The Morgan fingerprint density at radius 1 is 0.398 bits per heavy atom. The zero-order valence-corrected chi connectivity index (χ0v) is 54.2. The average Bonchev–Trinajstić information content (AvgIpc) is 0.843. The molecule has 1 aliphatic carbocycles. The van der Waals surface area contributed by atoms with Crippen molar-refractivity contribution in [3.63, 3.8) is 0 Å². The molecule has 88 heavy (non-hydrogen) atoms. The number of hydrogen-bond acceptors (Lipinski definition) is 23. The molecule has 0 aromatic rings. The van der Waals surface area contributed by atoms with Gasteiger partial charge in [-0.05, 0) is 19.3 Å². The van der Waals surface area contributed by atoms with E-state index in [9.17, 15) is 74.9 Å². The molecule has 3 aliphatic rings. The molecule has 2 aliphatic heterocycles. The van der Waals surface area contributed by atoms with Crippen LogP contribution in [-0.2, 0) is 61.2 Å². The summed E-state index contributed by atoms with van der Waals surface area (Å²) in [5.41, 5.74) is 0. The molecule has 2 heterocycles. The largest absolute Gasteiger partial charge is 0.472 e. The second-order valence-electron chi connectivity index (χ2n) is 24.6. The minimum absolute atomic E-state index is 0.0325. The van der Waals surface area contributed by atoms with Crippen LogP contribution in [0.2, 0.25) is 0 Å². The first-order valence-electron chi connectivity index (χ1n) is 33.8. The van der Waals surface area contributed by atoms with Crippen molar-refractivity contribution in [2.45, 2.75) is 356 Å². The molecule has 11 N–H and O–H groups in total. The molecule has 3 fully saturated rings. The van der Waals surface area contributed by atoms with Crippen LogP contribution < -0.4 is 0 Å². The number of esters is 3. The van der Waals surface area contributed by atoms with Gasteiger partial charge in [0.15, 0.2) is 18.7 Å². The monoisotopic (exact) mass is 1290 g/mol.